The van der Waals surface area contributed by atoms with Crippen LogP contribution in [-0.2, 0) is 0 Å². The maximum atomic E-state index is 12.1. The second kappa shape index (κ2) is 5.63. The van der Waals surface area contributed by atoms with E-state index in [0.717, 1.165) is 0 Å². The Morgan fingerprint density at radius 1 is 1.18 bits per heavy atom. The van der Waals surface area contributed by atoms with Crippen LogP contribution in [0.4, 0.5) is 5.69 Å². The molecule has 0 aliphatic carbocycles. The molecule has 6 nitrogen and oxygen atoms in total. The third-order valence-electron chi connectivity index (χ3n) is 3.25. The van der Waals surface area contributed by atoms with Crippen molar-refractivity contribution >= 4 is 16.7 Å². The first kappa shape index (κ1) is 13.7. The fraction of sp³-hybridized carbons (Fsp3) is 0.0625. The second-order valence-electron chi connectivity index (χ2n) is 4.55. The first-order valence-corrected chi connectivity index (χ1v) is 6.49. The van der Waals surface area contributed by atoms with Gasteiger partial charge in [-0.2, -0.15) is 0 Å². The quantitative estimate of drug-likeness (QED) is 0.407. The molecule has 0 saturated heterocycles. The first-order chi connectivity index (χ1) is 10.7. The SMILES string of the molecule is COc1cc(-c2cc(=O)c3ccccc3o2)ccc1N=[N+]=[N-]. The fourth-order valence-corrected chi connectivity index (χ4v) is 2.21. The fourth-order valence-electron chi connectivity index (χ4n) is 2.21. The standard InChI is InChI=1S/C16H11N3O3/c1-21-16-8-10(6-7-12(16)18-19-17)15-9-13(20)11-4-2-3-5-14(11)22-15/h2-9H,1H3. The highest BCUT2D eigenvalue weighted by Crippen LogP contribution is 2.33. The summed E-state index contributed by atoms with van der Waals surface area (Å²) in [5.74, 6) is 0.834. The number of fused-ring (bicyclic) bond motifs is 1. The van der Waals surface area contributed by atoms with Gasteiger partial charge in [0.05, 0.1) is 18.2 Å². The molecule has 3 aromatic rings. The van der Waals surface area contributed by atoms with Gasteiger partial charge in [-0.25, -0.2) is 0 Å². The van der Waals surface area contributed by atoms with Crippen LogP contribution in [0.3, 0.4) is 0 Å². The molecule has 0 fully saturated rings. The van der Waals surface area contributed by atoms with E-state index in [4.69, 9.17) is 14.7 Å². The number of hydrogen-bond acceptors (Lipinski definition) is 4. The number of rotatable bonds is 3. The number of methoxy groups -OCH3 is 1. The maximum absolute atomic E-state index is 12.1. The summed E-state index contributed by atoms with van der Waals surface area (Å²) >= 11 is 0. The lowest BCUT2D eigenvalue weighted by Gasteiger charge is -2.07. The monoisotopic (exact) mass is 293 g/mol. The predicted octanol–water partition coefficient (Wildman–Crippen LogP) is 4.41. The van der Waals surface area contributed by atoms with Gasteiger partial charge in [0.25, 0.3) is 0 Å². The van der Waals surface area contributed by atoms with Crippen molar-refractivity contribution in [1.82, 2.24) is 0 Å². The van der Waals surface area contributed by atoms with Crippen molar-refractivity contribution in [2.75, 3.05) is 7.11 Å². The average molecular weight is 293 g/mol. The Kier molecular flexibility index (Phi) is 3.52. The molecule has 0 N–H and O–H groups in total. The summed E-state index contributed by atoms with van der Waals surface area (Å²) in [6.45, 7) is 0. The molecule has 6 heteroatoms. The molecule has 0 atom stereocenters. The number of ether oxygens (including phenoxy) is 1. The van der Waals surface area contributed by atoms with Crippen molar-refractivity contribution in [2.24, 2.45) is 5.11 Å². The Bertz CT molecular complexity index is 956. The summed E-state index contributed by atoms with van der Waals surface area (Å²) in [7, 11) is 1.48. The Morgan fingerprint density at radius 2 is 2.00 bits per heavy atom. The van der Waals surface area contributed by atoms with Crippen LogP contribution in [0.2, 0.25) is 0 Å². The van der Waals surface area contributed by atoms with Crippen LogP contribution in [0.1, 0.15) is 0 Å². The molecule has 0 spiro atoms. The van der Waals surface area contributed by atoms with Gasteiger partial charge in [-0.15, -0.1) is 0 Å². The summed E-state index contributed by atoms with van der Waals surface area (Å²) in [6.07, 6.45) is 0. The van der Waals surface area contributed by atoms with Gasteiger partial charge < -0.3 is 9.15 Å². The van der Waals surface area contributed by atoms with Gasteiger partial charge in [-0.1, -0.05) is 23.3 Å². The van der Waals surface area contributed by atoms with E-state index in [-0.39, 0.29) is 5.43 Å². The van der Waals surface area contributed by atoms with Crippen molar-refractivity contribution in [3.05, 3.63) is 69.2 Å². The molecule has 0 bridgehead atoms. The zero-order chi connectivity index (χ0) is 15.5. The van der Waals surface area contributed by atoms with Gasteiger partial charge >= 0.3 is 0 Å². The van der Waals surface area contributed by atoms with Crippen LogP contribution in [0.15, 0.2) is 62.9 Å². The molecule has 0 unspecified atom stereocenters. The Morgan fingerprint density at radius 3 is 2.77 bits per heavy atom. The summed E-state index contributed by atoms with van der Waals surface area (Å²) in [6, 6.07) is 13.5. The van der Waals surface area contributed by atoms with Crippen LogP contribution in [0.25, 0.3) is 32.7 Å². The molecule has 1 aromatic heterocycles. The summed E-state index contributed by atoms with van der Waals surface area (Å²) in [5.41, 5.74) is 9.96. The van der Waals surface area contributed by atoms with Gasteiger partial charge in [0.1, 0.15) is 17.1 Å². The molecule has 0 aliphatic heterocycles. The molecular formula is C16H11N3O3. The van der Waals surface area contributed by atoms with E-state index in [2.05, 4.69) is 10.0 Å². The lowest BCUT2D eigenvalue weighted by molar-refractivity contribution is 0.416. The summed E-state index contributed by atoms with van der Waals surface area (Å²) < 4.78 is 11.0. The zero-order valence-corrected chi connectivity index (χ0v) is 11.7. The van der Waals surface area contributed by atoms with E-state index in [1.165, 1.54) is 13.2 Å². The molecular weight excluding hydrogens is 282 g/mol. The van der Waals surface area contributed by atoms with Crippen molar-refractivity contribution in [2.45, 2.75) is 0 Å². The van der Waals surface area contributed by atoms with Crippen molar-refractivity contribution in [3.63, 3.8) is 0 Å². The summed E-state index contributed by atoms with van der Waals surface area (Å²) in [5, 5.41) is 4.07. The van der Waals surface area contributed by atoms with Gasteiger partial charge in [0, 0.05) is 16.5 Å². The lowest BCUT2D eigenvalue weighted by atomic mass is 10.1. The third-order valence-corrected chi connectivity index (χ3v) is 3.25. The molecule has 108 valence electrons. The highest BCUT2D eigenvalue weighted by molar-refractivity contribution is 5.79. The van der Waals surface area contributed by atoms with Crippen LogP contribution >= 0.6 is 0 Å². The Labute approximate surface area is 125 Å². The molecule has 0 saturated carbocycles. The molecule has 3 rings (SSSR count). The number of para-hydroxylation sites is 1. The number of nitrogens with zero attached hydrogens (tertiary/aromatic N) is 3. The van der Waals surface area contributed by atoms with Crippen molar-refractivity contribution in [1.29, 1.82) is 0 Å². The maximum Gasteiger partial charge on any atom is 0.193 e. The average Bonchev–Trinajstić information content (AvgIpc) is 2.55. The topological polar surface area (TPSA) is 88.2 Å². The highest BCUT2D eigenvalue weighted by atomic mass is 16.5. The molecule has 0 aliphatic rings. The molecule has 22 heavy (non-hydrogen) atoms. The Balaban J connectivity index is 2.19. The third kappa shape index (κ3) is 2.39. The van der Waals surface area contributed by atoms with E-state index >= 15 is 0 Å². The summed E-state index contributed by atoms with van der Waals surface area (Å²) in [4.78, 5) is 14.9. The largest absolute Gasteiger partial charge is 0.496 e. The lowest BCUT2D eigenvalue weighted by Crippen LogP contribution is -1.99. The minimum absolute atomic E-state index is 0.116. The molecule has 2 aromatic carbocycles. The molecule has 0 amide bonds. The van der Waals surface area contributed by atoms with Crippen LogP contribution in [0, 0.1) is 0 Å². The zero-order valence-electron chi connectivity index (χ0n) is 11.7. The van der Waals surface area contributed by atoms with Crippen LogP contribution < -0.4 is 10.2 Å². The van der Waals surface area contributed by atoms with Crippen molar-refractivity contribution in [3.8, 4) is 17.1 Å². The number of azide groups is 1. The van der Waals surface area contributed by atoms with E-state index in [1.54, 1.807) is 42.5 Å². The van der Waals surface area contributed by atoms with Crippen LogP contribution in [-0.4, -0.2) is 7.11 Å². The number of benzene rings is 2. The normalized spacial score (nSPS) is 10.2. The minimum Gasteiger partial charge on any atom is -0.496 e. The van der Waals surface area contributed by atoms with Crippen LogP contribution in [0.5, 0.6) is 5.75 Å². The van der Waals surface area contributed by atoms with Gasteiger partial charge in [-0.3, -0.25) is 4.79 Å². The van der Waals surface area contributed by atoms with Gasteiger partial charge in [-0.05, 0) is 29.8 Å². The van der Waals surface area contributed by atoms with E-state index < -0.39 is 0 Å². The second-order valence-corrected chi connectivity index (χ2v) is 4.55. The predicted molar refractivity (Wildman–Crippen MR) is 83.3 cm³/mol. The van der Waals surface area contributed by atoms with E-state index in [9.17, 15) is 4.79 Å². The Hall–Kier alpha value is -3.24. The molecule has 0 radical (unpaired) electrons. The minimum atomic E-state index is -0.116. The van der Waals surface area contributed by atoms with E-state index in [0.29, 0.717) is 33.7 Å². The van der Waals surface area contributed by atoms with Gasteiger partial charge in [0.15, 0.2) is 5.43 Å². The van der Waals surface area contributed by atoms with Crippen molar-refractivity contribution < 1.29 is 9.15 Å². The smallest absolute Gasteiger partial charge is 0.193 e. The van der Waals surface area contributed by atoms with E-state index in [1.807, 2.05) is 0 Å². The number of hydrogen-bond donors (Lipinski definition) is 0. The first-order valence-electron chi connectivity index (χ1n) is 6.49. The highest BCUT2D eigenvalue weighted by Gasteiger charge is 2.09. The molecule has 1 heterocycles. The van der Waals surface area contributed by atoms with Gasteiger partial charge in [0.2, 0.25) is 0 Å².